The molecule has 33 heavy (non-hydrogen) atoms. The second kappa shape index (κ2) is 9.30. The van der Waals surface area contributed by atoms with Gasteiger partial charge in [-0.05, 0) is 85.2 Å². The van der Waals surface area contributed by atoms with E-state index >= 15 is 0 Å². The average molecular weight is 462 g/mol. The van der Waals surface area contributed by atoms with Crippen LogP contribution in [0.4, 0.5) is 5.69 Å². The smallest absolute Gasteiger partial charge is 0.257 e. The van der Waals surface area contributed by atoms with E-state index in [0.717, 1.165) is 17.5 Å². The number of carbonyl (C=O) groups is 1. The summed E-state index contributed by atoms with van der Waals surface area (Å²) in [5.41, 5.74) is 4.57. The number of nitrogens with one attached hydrogen (secondary N) is 2. The third kappa shape index (κ3) is 4.80. The van der Waals surface area contributed by atoms with Crippen LogP contribution in [-0.2, 0) is 6.42 Å². The summed E-state index contributed by atoms with van der Waals surface area (Å²) in [6, 6.07) is 15.9. The number of carbonyl (C=O) groups excluding carboxylic acids is 1. The summed E-state index contributed by atoms with van der Waals surface area (Å²) in [5.74, 6) is 0.674. The minimum Gasteiger partial charge on any atom is -0.507 e. The first-order valence-corrected chi connectivity index (χ1v) is 10.8. The lowest BCUT2D eigenvalue weighted by atomic mass is 10.1. The Labute approximate surface area is 196 Å². The lowest BCUT2D eigenvalue weighted by Crippen LogP contribution is -2.34. The molecule has 0 spiro atoms. The van der Waals surface area contributed by atoms with Gasteiger partial charge in [-0.2, -0.15) is 0 Å². The molecule has 168 valence electrons. The van der Waals surface area contributed by atoms with Gasteiger partial charge in [-0.15, -0.1) is 0 Å². The van der Waals surface area contributed by atoms with E-state index in [4.69, 9.17) is 21.4 Å². The van der Waals surface area contributed by atoms with Crippen LogP contribution in [0.1, 0.15) is 28.4 Å². The first-order chi connectivity index (χ1) is 15.9. The maximum Gasteiger partial charge on any atom is 0.257 e. The molecule has 0 aliphatic carbocycles. The van der Waals surface area contributed by atoms with Crippen molar-refractivity contribution in [1.29, 1.82) is 0 Å². The van der Waals surface area contributed by atoms with Crippen LogP contribution >= 0.6 is 12.2 Å². The lowest BCUT2D eigenvalue weighted by molar-refractivity contribution is 0.0977. The third-order valence-corrected chi connectivity index (χ3v) is 5.43. The van der Waals surface area contributed by atoms with Crippen molar-refractivity contribution in [3.8, 4) is 23.0 Å². The fraction of sp³-hybridized carbons (Fsp3) is 0.160. The summed E-state index contributed by atoms with van der Waals surface area (Å²) in [5, 5.41) is 16.4. The highest BCUT2D eigenvalue weighted by molar-refractivity contribution is 7.80. The highest BCUT2D eigenvalue weighted by Crippen LogP contribution is 2.36. The van der Waals surface area contributed by atoms with Crippen molar-refractivity contribution in [2.75, 3.05) is 12.4 Å². The van der Waals surface area contributed by atoms with Gasteiger partial charge in [-0.3, -0.25) is 10.1 Å². The summed E-state index contributed by atoms with van der Waals surface area (Å²) >= 11 is 5.31. The highest BCUT2D eigenvalue weighted by Gasteiger charge is 2.17. The maximum atomic E-state index is 12.5. The Kier molecular flexibility index (Phi) is 6.28. The molecule has 0 unspecified atom stereocenters. The lowest BCUT2D eigenvalue weighted by Gasteiger charge is -2.13. The maximum absolute atomic E-state index is 12.5. The van der Waals surface area contributed by atoms with Crippen LogP contribution in [0.15, 0.2) is 59.0 Å². The van der Waals surface area contributed by atoms with Crippen LogP contribution in [0.3, 0.4) is 0 Å². The number of aryl methyl sites for hydroxylation is 2. The summed E-state index contributed by atoms with van der Waals surface area (Å²) in [7, 11) is 1.56. The molecular formula is C25H23N3O4S. The van der Waals surface area contributed by atoms with Gasteiger partial charge in [0.15, 0.2) is 10.7 Å². The minimum absolute atomic E-state index is 0.0657. The predicted molar refractivity (Wildman–Crippen MR) is 132 cm³/mol. The van der Waals surface area contributed by atoms with E-state index in [1.54, 1.807) is 50.4 Å². The Morgan fingerprint density at radius 3 is 2.61 bits per heavy atom. The van der Waals surface area contributed by atoms with Gasteiger partial charge >= 0.3 is 0 Å². The largest absolute Gasteiger partial charge is 0.507 e. The monoisotopic (exact) mass is 461 g/mol. The van der Waals surface area contributed by atoms with E-state index in [1.165, 1.54) is 0 Å². The van der Waals surface area contributed by atoms with E-state index in [-0.39, 0.29) is 16.8 Å². The zero-order valence-electron chi connectivity index (χ0n) is 18.4. The minimum atomic E-state index is -0.350. The molecule has 8 heteroatoms. The van der Waals surface area contributed by atoms with Gasteiger partial charge in [0.1, 0.15) is 17.0 Å². The van der Waals surface area contributed by atoms with Crippen molar-refractivity contribution in [1.82, 2.24) is 10.3 Å². The van der Waals surface area contributed by atoms with Crippen LogP contribution in [0, 0.1) is 6.92 Å². The van der Waals surface area contributed by atoms with Gasteiger partial charge in [0.2, 0.25) is 5.89 Å². The Balaban J connectivity index is 1.55. The number of benzene rings is 3. The number of hydrogen-bond acceptors (Lipinski definition) is 6. The van der Waals surface area contributed by atoms with E-state index in [9.17, 15) is 9.90 Å². The second-order valence-corrected chi connectivity index (χ2v) is 7.91. The molecule has 0 fully saturated rings. The number of ether oxygens (including phenoxy) is 1. The molecule has 4 aromatic rings. The molecule has 1 heterocycles. The molecule has 7 nitrogen and oxygen atoms in total. The molecule has 3 N–H and O–H groups in total. The normalized spacial score (nSPS) is 10.8. The Hall–Kier alpha value is -3.91. The Morgan fingerprint density at radius 1 is 1.15 bits per heavy atom. The van der Waals surface area contributed by atoms with E-state index in [1.807, 2.05) is 18.2 Å². The molecule has 4 rings (SSSR count). The van der Waals surface area contributed by atoms with Crippen molar-refractivity contribution >= 4 is 40.0 Å². The molecule has 0 aliphatic rings. The summed E-state index contributed by atoms with van der Waals surface area (Å²) in [4.78, 5) is 17.0. The summed E-state index contributed by atoms with van der Waals surface area (Å²) in [6.45, 7) is 3.84. The number of oxazole rings is 1. The number of nitrogens with zero attached hydrogens (tertiary/aromatic N) is 1. The summed E-state index contributed by atoms with van der Waals surface area (Å²) in [6.07, 6.45) is 0.890. The van der Waals surface area contributed by atoms with Crippen molar-refractivity contribution in [2.45, 2.75) is 20.3 Å². The van der Waals surface area contributed by atoms with E-state index in [2.05, 4.69) is 22.5 Å². The molecular weight excluding hydrogens is 438 g/mol. The van der Waals surface area contributed by atoms with E-state index < -0.39 is 0 Å². The topological polar surface area (TPSA) is 96.6 Å². The number of amides is 1. The number of fused-ring (bicyclic) bond motifs is 1. The predicted octanol–water partition coefficient (Wildman–Crippen LogP) is 5.21. The third-order valence-electron chi connectivity index (χ3n) is 5.23. The number of phenolic OH excluding ortho intramolecular Hbond substituents is 1. The van der Waals surface area contributed by atoms with Crippen molar-refractivity contribution in [2.24, 2.45) is 0 Å². The SMILES string of the molecule is CCc1ccc2oc(-c3cc(NC(=S)NC(=O)c4ccc(OC)cc4)cc(C)c3O)nc2c1. The molecule has 1 amide bonds. The van der Waals surface area contributed by atoms with Crippen LogP contribution < -0.4 is 15.4 Å². The molecule has 1 aromatic heterocycles. The number of hydrogen-bond donors (Lipinski definition) is 3. The van der Waals surface area contributed by atoms with Crippen LogP contribution in [0.5, 0.6) is 11.5 Å². The molecule has 0 radical (unpaired) electrons. The van der Waals surface area contributed by atoms with Crippen LogP contribution in [0.2, 0.25) is 0 Å². The van der Waals surface area contributed by atoms with Gasteiger partial charge < -0.3 is 19.6 Å². The van der Waals surface area contributed by atoms with Crippen molar-refractivity contribution < 1.29 is 19.1 Å². The van der Waals surface area contributed by atoms with E-state index in [0.29, 0.717) is 39.6 Å². The number of rotatable bonds is 5. The van der Waals surface area contributed by atoms with Gasteiger partial charge in [0.05, 0.1) is 12.7 Å². The number of aromatic nitrogens is 1. The number of thiocarbonyl (C=S) groups is 1. The zero-order chi connectivity index (χ0) is 23.5. The summed E-state index contributed by atoms with van der Waals surface area (Å²) < 4.78 is 11.0. The fourth-order valence-electron chi connectivity index (χ4n) is 3.40. The first kappa shape index (κ1) is 22.3. The Bertz CT molecular complexity index is 1350. The van der Waals surface area contributed by atoms with Crippen LogP contribution in [-0.4, -0.2) is 28.2 Å². The molecule has 0 atom stereocenters. The molecule has 0 saturated carbocycles. The zero-order valence-corrected chi connectivity index (χ0v) is 19.2. The van der Waals surface area contributed by atoms with Crippen molar-refractivity contribution in [3.05, 3.63) is 71.3 Å². The second-order valence-electron chi connectivity index (χ2n) is 7.50. The number of phenols is 1. The molecule has 3 aromatic carbocycles. The van der Waals surface area contributed by atoms with Crippen molar-refractivity contribution in [3.63, 3.8) is 0 Å². The van der Waals surface area contributed by atoms with Gasteiger partial charge in [-0.25, -0.2) is 4.98 Å². The van der Waals surface area contributed by atoms with Gasteiger partial charge in [0, 0.05) is 11.3 Å². The fourth-order valence-corrected chi connectivity index (χ4v) is 3.61. The van der Waals surface area contributed by atoms with Gasteiger partial charge in [0.25, 0.3) is 5.91 Å². The van der Waals surface area contributed by atoms with Gasteiger partial charge in [-0.1, -0.05) is 13.0 Å². The average Bonchev–Trinajstić information content (AvgIpc) is 3.24. The molecule has 0 bridgehead atoms. The highest BCUT2D eigenvalue weighted by atomic mass is 32.1. The quantitative estimate of drug-likeness (QED) is 0.277. The molecule has 0 aliphatic heterocycles. The Morgan fingerprint density at radius 2 is 1.91 bits per heavy atom. The van der Waals surface area contributed by atoms with Crippen LogP contribution in [0.25, 0.3) is 22.6 Å². The molecule has 0 saturated heterocycles. The standard InChI is InChI=1S/C25H23N3O4S/c1-4-15-5-10-21-20(12-15)27-24(32-21)19-13-17(11-14(2)22(19)29)26-25(33)28-23(30)16-6-8-18(31-3)9-7-16/h5-13,29H,4H2,1-3H3,(H2,26,28,30,33). The number of aromatic hydroxyl groups is 1. The number of anilines is 1. The first-order valence-electron chi connectivity index (χ1n) is 10.4. The number of methoxy groups -OCH3 is 1.